The van der Waals surface area contributed by atoms with Crippen molar-refractivity contribution < 1.29 is 5.11 Å². The summed E-state index contributed by atoms with van der Waals surface area (Å²) in [6.45, 7) is 4.38. The summed E-state index contributed by atoms with van der Waals surface area (Å²) in [5.41, 5.74) is 2.78. The molecule has 1 aliphatic carbocycles. The van der Waals surface area contributed by atoms with Crippen LogP contribution in [0.15, 0.2) is 24.3 Å². The monoisotopic (exact) mass is 219 g/mol. The molecule has 0 saturated heterocycles. The zero-order valence-corrected chi connectivity index (χ0v) is 10.1. The molecule has 1 aromatic rings. The van der Waals surface area contributed by atoms with E-state index in [9.17, 15) is 0 Å². The van der Waals surface area contributed by atoms with Crippen molar-refractivity contribution in [2.75, 3.05) is 6.61 Å². The van der Waals surface area contributed by atoms with E-state index in [1.807, 2.05) is 6.92 Å². The number of rotatable bonds is 4. The number of aliphatic hydroxyl groups is 1. The maximum Gasteiger partial charge on any atom is 0.0582 e. The summed E-state index contributed by atoms with van der Waals surface area (Å²) in [7, 11) is 0. The molecule has 0 heterocycles. The van der Waals surface area contributed by atoms with Crippen molar-refractivity contribution in [3.05, 3.63) is 35.4 Å². The predicted octanol–water partition coefficient (Wildman–Crippen LogP) is 2.21. The van der Waals surface area contributed by atoms with Crippen LogP contribution in [-0.2, 0) is 0 Å². The van der Waals surface area contributed by atoms with E-state index in [1.165, 1.54) is 24.0 Å². The summed E-state index contributed by atoms with van der Waals surface area (Å²) in [5.74, 6) is 0.712. The number of hydrogen-bond acceptors (Lipinski definition) is 2. The quantitative estimate of drug-likeness (QED) is 0.813. The second-order valence-corrected chi connectivity index (χ2v) is 5.03. The topological polar surface area (TPSA) is 32.3 Å². The van der Waals surface area contributed by atoms with E-state index in [0.717, 1.165) is 0 Å². The van der Waals surface area contributed by atoms with E-state index >= 15 is 0 Å². The molecule has 16 heavy (non-hydrogen) atoms. The van der Waals surface area contributed by atoms with Gasteiger partial charge >= 0.3 is 0 Å². The zero-order chi connectivity index (χ0) is 11.5. The first-order valence-electron chi connectivity index (χ1n) is 6.12. The van der Waals surface area contributed by atoms with Gasteiger partial charge in [0.15, 0.2) is 0 Å². The van der Waals surface area contributed by atoms with Crippen LogP contribution in [0.3, 0.4) is 0 Å². The second kappa shape index (κ2) is 4.98. The SMILES string of the molecule is Cc1ccc(C2CC(N[C@H](C)CO)C2)cc1. The average Bonchev–Trinajstić information content (AvgIpc) is 2.24. The molecule has 0 aromatic heterocycles. The van der Waals surface area contributed by atoms with Crippen molar-refractivity contribution >= 4 is 0 Å². The van der Waals surface area contributed by atoms with Crippen molar-refractivity contribution in [1.29, 1.82) is 0 Å². The lowest BCUT2D eigenvalue weighted by molar-refractivity contribution is 0.204. The first kappa shape index (κ1) is 11.6. The fraction of sp³-hybridized carbons (Fsp3) is 0.571. The van der Waals surface area contributed by atoms with E-state index in [4.69, 9.17) is 5.11 Å². The van der Waals surface area contributed by atoms with Crippen LogP contribution in [0.1, 0.15) is 36.8 Å². The molecule has 0 spiro atoms. The Morgan fingerprint density at radius 1 is 1.31 bits per heavy atom. The Kier molecular flexibility index (Phi) is 3.62. The highest BCUT2D eigenvalue weighted by atomic mass is 16.3. The Hall–Kier alpha value is -0.860. The fourth-order valence-electron chi connectivity index (χ4n) is 2.32. The molecule has 1 aliphatic rings. The number of nitrogens with one attached hydrogen (secondary N) is 1. The average molecular weight is 219 g/mol. The summed E-state index contributed by atoms with van der Waals surface area (Å²) in [4.78, 5) is 0. The molecular weight excluding hydrogens is 198 g/mol. The van der Waals surface area contributed by atoms with Crippen molar-refractivity contribution in [2.45, 2.75) is 44.7 Å². The zero-order valence-electron chi connectivity index (χ0n) is 10.1. The fourth-order valence-corrected chi connectivity index (χ4v) is 2.32. The first-order chi connectivity index (χ1) is 7.69. The van der Waals surface area contributed by atoms with Gasteiger partial charge < -0.3 is 10.4 Å². The van der Waals surface area contributed by atoms with Crippen molar-refractivity contribution in [1.82, 2.24) is 5.32 Å². The van der Waals surface area contributed by atoms with Gasteiger partial charge in [0.25, 0.3) is 0 Å². The van der Waals surface area contributed by atoms with Gasteiger partial charge in [0.1, 0.15) is 0 Å². The number of aryl methyl sites for hydroxylation is 1. The molecule has 88 valence electrons. The van der Waals surface area contributed by atoms with Crippen LogP contribution in [0.5, 0.6) is 0 Å². The molecule has 0 radical (unpaired) electrons. The van der Waals surface area contributed by atoms with Crippen LogP contribution < -0.4 is 5.32 Å². The van der Waals surface area contributed by atoms with Gasteiger partial charge in [0, 0.05) is 12.1 Å². The summed E-state index contributed by atoms with van der Waals surface area (Å²) >= 11 is 0. The molecule has 0 bridgehead atoms. The van der Waals surface area contributed by atoms with Gasteiger partial charge in [-0.2, -0.15) is 0 Å². The number of aliphatic hydroxyl groups excluding tert-OH is 1. The smallest absolute Gasteiger partial charge is 0.0582 e. The first-order valence-corrected chi connectivity index (χ1v) is 6.12. The van der Waals surface area contributed by atoms with Crippen LogP contribution in [0.25, 0.3) is 0 Å². The Balaban J connectivity index is 1.82. The van der Waals surface area contributed by atoms with Crippen molar-refractivity contribution in [3.8, 4) is 0 Å². The third-order valence-electron chi connectivity index (χ3n) is 3.48. The molecule has 0 unspecified atom stereocenters. The summed E-state index contributed by atoms with van der Waals surface area (Å²) in [6, 6.07) is 9.67. The normalized spacial score (nSPS) is 26.2. The Bertz CT molecular complexity index is 327. The van der Waals surface area contributed by atoms with Gasteiger partial charge in [-0.25, -0.2) is 0 Å². The summed E-state index contributed by atoms with van der Waals surface area (Å²) < 4.78 is 0. The van der Waals surface area contributed by atoms with Gasteiger partial charge in [-0.1, -0.05) is 29.8 Å². The van der Waals surface area contributed by atoms with E-state index in [-0.39, 0.29) is 12.6 Å². The van der Waals surface area contributed by atoms with Crippen LogP contribution >= 0.6 is 0 Å². The predicted molar refractivity (Wildman–Crippen MR) is 66.6 cm³/mol. The number of benzene rings is 1. The molecule has 2 rings (SSSR count). The molecule has 1 atom stereocenters. The molecule has 0 amide bonds. The summed E-state index contributed by atoms with van der Waals surface area (Å²) in [6.07, 6.45) is 2.40. The van der Waals surface area contributed by atoms with Gasteiger partial charge in [0.05, 0.1) is 6.61 Å². The lowest BCUT2D eigenvalue weighted by atomic mass is 9.75. The van der Waals surface area contributed by atoms with Crippen LogP contribution in [0.4, 0.5) is 0 Å². The Labute approximate surface area is 97.7 Å². The molecule has 2 nitrogen and oxygen atoms in total. The second-order valence-electron chi connectivity index (χ2n) is 5.03. The minimum atomic E-state index is 0.226. The number of hydrogen-bond donors (Lipinski definition) is 2. The van der Waals surface area contributed by atoms with Crippen LogP contribution in [0, 0.1) is 6.92 Å². The molecular formula is C14H21NO. The van der Waals surface area contributed by atoms with Gasteiger partial charge in [-0.05, 0) is 38.2 Å². The Morgan fingerprint density at radius 3 is 2.50 bits per heavy atom. The van der Waals surface area contributed by atoms with Gasteiger partial charge in [-0.3, -0.25) is 0 Å². The van der Waals surface area contributed by atoms with Crippen LogP contribution in [-0.4, -0.2) is 23.8 Å². The van der Waals surface area contributed by atoms with E-state index in [0.29, 0.717) is 12.0 Å². The highest BCUT2D eigenvalue weighted by Crippen LogP contribution is 2.36. The third-order valence-corrected chi connectivity index (χ3v) is 3.48. The standard InChI is InChI=1S/C14H21NO/c1-10-3-5-12(6-4-10)13-7-14(8-13)15-11(2)9-16/h3-6,11,13-16H,7-9H2,1-2H3/t11-,13?,14?/m1/s1. The lowest BCUT2D eigenvalue weighted by Gasteiger charge is -2.38. The van der Waals surface area contributed by atoms with E-state index in [1.54, 1.807) is 0 Å². The molecule has 1 aromatic carbocycles. The molecule has 1 fully saturated rings. The molecule has 2 heteroatoms. The van der Waals surface area contributed by atoms with Gasteiger partial charge in [0.2, 0.25) is 0 Å². The maximum absolute atomic E-state index is 8.95. The highest BCUT2D eigenvalue weighted by molar-refractivity contribution is 5.26. The molecule has 0 aliphatic heterocycles. The Morgan fingerprint density at radius 2 is 1.94 bits per heavy atom. The minimum Gasteiger partial charge on any atom is -0.395 e. The third kappa shape index (κ3) is 2.63. The van der Waals surface area contributed by atoms with Crippen LogP contribution in [0.2, 0.25) is 0 Å². The van der Waals surface area contributed by atoms with Crippen molar-refractivity contribution in [2.24, 2.45) is 0 Å². The van der Waals surface area contributed by atoms with E-state index in [2.05, 4.69) is 36.5 Å². The minimum absolute atomic E-state index is 0.226. The molecule has 2 N–H and O–H groups in total. The lowest BCUT2D eigenvalue weighted by Crippen LogP contribution is -2.45. The molecule has 1 saturated carbocycles. The maximum atomic E-state index is 8.95. The highest BCUT2D eigenvalue weighted by Gasteiger charge is 2.30. The largest absolute Gasteiger partial charge is 0.395 e. The summed E-state index contributed by atoms with van der Waals surface area (Å²) in [5, 5.41) is 12.4. The van der Waals surface area contributed by atoms with Crippen molar-refractivity contribution in [3.63, 3.8) is 0 Å². The van der Waals surface area contributed by atoms with Gasteiger partial charge in [-0.15, -0.1) is 0 Å². The van der Waals surface area contributed by atoms with E-state index < -0.39 is 0 Å².